The van der Waals surface area contributed by atoms with Crippen molar-refractivity contribution in [1.82, 2.24) is 15.6 Å². The first-order valence-electron chi connectivity index (χ1n) is 9.13. The molecule has 2 fully saturated rings. The largest absolute Gasteiger partial charge is 0.466 e. The standard InChI is InChI=1S/C17H24N4O4S2/c1-2-25-14(23)7-10-8-27-17(18-10)20-13(22)6-4-3-5-12-15-11(9-26-12)19-16(24)21-15/h8,11-12,15H,2-7,9H2,1H3,(H,18,20,22)(H2,19,21,24)/t11-,12-,15-/m0/s1. The maximum Gasteiger partial charge on any atom is 0.315 e. The second-order valence-electron chi connectivity index (χ2n) is 6.54. The number of hydrogen-bond donors (Lipinski definition) is 3. The van der Waals surface area contributed by atoms with E-state index in [4.69, 9.17) is 4.74 Å². The summed E-state index contributed by atoms with van der Waals surface area (Å²) in [6.07, 6.45) is 3.27. The minimum atomic E-state index is -0.318. The van der Waals surface area contributed by atoms with E-state index in [1.807, 2.05) is 11.8 Å². The van der Waals surface area contributed by atoms with Gasteiger partial charge in [0.2, 0.25) is 5.91 Å². The van der Waals surface area contributed by atoms with Gasteiger partial charge in [-0.3, -0.25) is 9.59 Å². The molecule has 3 heterocycles. The summed E-state index contributed by atoms with van der Waals surface area (Å²) in [6.45, 7) is 2.10. The number of carbonyl (C=O) groups is 3. The van der Waals surface area contributed by atoms with E-state index >= 15 is 0 Å². The molecule has 3 N–H and O–H groups in total. The summed E-state index contributed by atoms with van der Waals surface area (Å²) in [7, 11) is 0. The molecule has 1 aromatic heterocycles. The van der Waals surface area contributed by atoms with Crippen molar-refractivity contribution < 1.29 is 19.1 Å². The minimum Gasteiger partial charge on any atom is -0.466 e. The number of carbonyl (C=O) groups excluding carboxylic acids is 3. The van der Waals surface area contributed by atoms with Gasteiger partial charge in [-0.15, -0.1) is 11.3 Å². The lowest BCUT2D eigenvalue weighted by Gasteiger charge is -2.16. The Morgan fingerprint density at radius 1 is 1.37 bits per heavy atom. The lowest BCUT2D eigenvalue weighted by Crippen LogP contribution is -2.36. The smallest absolute Gasteiger partial charge is 0.315 e. The number of nitrogens with one attached hydrogen (secondary N) is 3. The summed E-state index contributed by atoms with van der Waals surface area (Å²) >= 11 is 3.19. The molecule has 0 bridgehead atoms. The summed E-state index contributed by atoms with van der Waals surface area (Å²) < 4.78 is 4.89. The van der Waals surface area contributed by atoms with Gasteiger partial charge in [-0.2, -0.15) is 11.8 Å². The Balaban J connectivity index is 1.32. The quantitative estimate of drug-likeness (QED) is 0.325. The Hall–Kier alpha value is -1.81. The molecule has 3 amide bonds. The number of hydrogen-bond acceptors (Lipinski definition) is 7. The van der Waals surface area contributed by atoms with E-state index in [1.54, 1.807) is 12.3 Å². The number of nitrogens with zero attached hydrogens (tertiary/aromatic N) is 1. The van der Waals surface area contributed by atoms with Crippen LogP contribution in [0.1, 0.15) is 38.3 Å². The topological polar surface area (TPSA) is 109 Å². The molecule has 148 valence electrons. The molecule has 3 rings (SSSR count). The van der Waals surface area contributed by atoms with Gasteiger partial charge >= 0.3 is 12.0 Å². The van der Waals surface area contributed by atoms with E-state index in [9.17, 15) is 14.4 Å². The van der Waals surface area contributed by atoms with Crippen molar-refractivity contribution in [2.45, 2.75) is 56.4 Å². The SMILES string of the molecule is CCOC(=O)Cc1csc(NC(=O)CCCC[C@@H]2SC[C@@H]3NC(=O)N[C@@H]32)n1. The van der Waals surface area contributed by atoms with Crippen LogP contribution in [0.3, 0.4) is 0 Å². The average Bonchev–Trinajstić information content (AvgIpc) is 3.29. The Kier molecular flexibility index (Phi) is 6.95. The molecule has 27 heavy (non-hydrogen) atoms. The zero-order chi connectivity index (χ0) is 19.2. The zero-order valence-corrected chi connectivity index (χ0v) is 16.8. The van der Waals surface area contributed by atoms with Crippen LogP contribution in [0.2, 0.25) is 0 Å². The number of fused-ring (bicyclic) bond motifs is 1. The van der Waals surface area contributed by atoms with Gasteiger partial charge in [-0.1, -0.05) is 6.42 Å². The molecule has 0 unspecified atom stereocenters. The predicted octanol–water partition coefficient (Wildman–Crippen LogP) is 1.91. The summed E-state index contributed by atoms with van der Waals surface area (Å²) in [6, 6.07) is 0.384. The maximum atomic E-state index is 12.1. The fourth-order valence-electron chi connectivity index (χ4n) is 3.26. The first kappa shape index (κ1) is 19.9. The second kappa shape index (κ2) is 9.41. The Morgan fingerprint density at radius 2 is 2.22 bits per heavy atom. The average molecular weight is 413 g/mol. The van der Waals surface area contributed by atoms with Crippen LogP contribution >= 0.6 is 23.1 Å². The van der Waals surface area contributed by atoms with Crippen molar-refractivity contribution in [1.29, 1.82) is 0 Å². The Bertz CT molecular complexity index is 696. The molecule has 2 aliphatic heterocycles. The summed E-state index contributed by atoms with van der Waals surface area (Å²) in [5, 5.41) is 11.4. The predicted molar refractivity (Wildman–Crippen MR) is 105 cm³/mol. The number of aromatic nitrogens is 1. The van der Waals surface area contributed by atoms with Gasteiger partial charge in [0.1, 0.15) is 0 Å². The van der Waals surface area contributed by atoms with Gasteiger partial charge in [0.15, 0.2) is 5.13 Å². The molecule has 0 saturated carbocycles. The lowest BCUT2D eigenvalue weighted by atomic mass is 10.0. The number of unbranched alkanes of at least 4 members (excludes halogenated alkanes) is 1. The van der Waals surface area contributed by atoms with Crippen molar-refractivity contribution in [3.8, 4) is 0 Å². The molecule has 2 saturated heterocycles. The van der Waals surface area contributed by atoms with Gasteiger partial charge in [0.25, 0.3) is 0 Å². The number of anilines is 1. The first-order valence-corrected chi connectivity index (χ1v) is 11.1. The number of thioether (sulfide) groups is 1. The summed E-state index contributed by atoms with van der Waals surface area (Å²) in [5.74, 6) is 0.563. The highest BCUT2D eigenvalue weighted by atomic mass is 32.2. The van der Waals surface area contributed by atoms with E-state index in [-0.39, 0.29) is 36.4 Å². The number of ether oxygens (including phenoxy) is 1. The van der Waals surface area contributed by atoms with Gasteiger partial charge in [-0.05, 0) is 19.8 Å². The summed E-state index contributed by atoms with van der Waals surface area (Å²) in [5.41, 5.74) is 0.605. The van der Waals surface area contributed by atoms with Crippen LogP contribution in [0.25, 0.3) is 0 Å². The van der Waals surface area contributed by atoms with Crippen LogP contribution in [0, 0.1) is 0 Å². The number of urea groups is 1. The van der Waals surface area contributed by atoms with E-state index in [2.05, 4.69) is 20.9 Å². The third-order valence-electron chi connectivity index (χ3n) is 4.51. The fourth-order valence-corrected chi connectivity index (χ4v) is 5.53. The highest BCUT2D eigenvalue weighted by molar-refractivity contribution is 8.00. The van der Waals surface area contributed by atoms with Crippen LogP contribution in [-0.4, -0.2) is 52.6 Å². The highest BCUT2D eigenvalue weighted by Crippen LogP contribution is 2.33. The van der Waals surface area contributed by atoms with E-state index < -0.39 is 0 Å². The van der Waals surface area contributed by atoms with Gasteiger partial charge in [0, 0.05) is 22.8 Å². The van der Waals surface area contributed by atoms with Crippen molar-refractivity contribution >= 4 is 46.1 Å². The molecule has 0 spiro atoms. The highest BCUT2D eigenvalue weighted by Gasteiger charge is 2.42. The van der Waals surface area contributed by atoms with Crippen molar-refractivity contribution in [2.75, 3.05) is 17.7 Å². The lowest BCUT2D eigenvalue weighted by molar-refractivity contribution is -0.142. The van der Waals surface area contributed by atoms with Crippen LogP contribution in [0.15, 0.2) is 5.38 Å². The fraction of sp³-hybridized carbons (Fsp3) is 0.647. The molecule has 3 atom stereocenters. The molecule has 10 heteroatoms. The van der Waals surface area contributed by atoms with E-state index in [0.717, 1.165) is 25.0 Å². The Morgan fingerprint density at radius 3 is 3.04 bits per heavy atom. The van der Waals surface area contributed by atoms with E-state index in [0.29, 0.717) is 29.1 Å². The van der Waals surface area contributed by atoms with E-state index in [1.165, 1.54) is 11.3 Å². The first-order chi connectivity index (χ1) is 13.0. The van der Waals surface area contributed by atoms with Crippen LogP contribution < -0.4 is 16.0 Å². The molecule has 8 nitrogen and oxygen atoms in total. The number of thiazole rings is 1. The van der Waals surface area contributed by atoms with Crippen LogP contribution in [-0.2, 0) is 20.7 Å². The Labute approximate surface area is 166 Å². The molecule has 1 aromatic rings. The minimum absolute atomic E-state index is 0.0690. The number of esters is 1. The number of amides is 3. The maximum absolute atomic E-state index is 12.1. The molecule has 0 aromatic carbocycles. The molecule has 0 aliphatic carbocycles. The summed E-state index contributed by atoms with van der Waals surface area (Å²) in [4.78, 5) is 39.1. The molecular weight excluding hydrogens is 388 g/mol. The van der Waals surface area contributed by atoms with Crippen LogP contribution in [0.5, 0.6) is 0 Å². The van der Waals surface area contributed by atoms with Crippen molar-refractivity contribution in [2.24, 2.45) is 0 Å². The monoisotopic (exact) mass is 412 g/mol. The normalized spacial score (nSPS) is 23.4. The molecular formula is C17H24N4O4S2. The second-order valence-corrected chi connectivity index (χ2v) is 8.67. The van der Waals surface area contributed by atoms with Crippen molar-refractivity contribution in [3.63, 3.8) is 0 Å². The zero-order valence-electron chi connectivity index (χ0n) is 15.2. The van der Waals surface area contributed by atoms with Gasteiger partial charge in [-0.25, -0.2) is 9.78 Å². The van der Waals surface area contributed by atoms with Gasteiger partial charge < -0.3 is 20.7 Å². The number of rotatable bonds is 9. The molecule has 2 aliphatic rings. The third-order valence-corrected chi connectivity index (χ3v) is 6.82. The van der Waals surface area contributed by atoms with Crippen molar-refractivity contribution in [3.05, 3.63) is 11.1 Å². The van der Waals surface area contributed by atoms with Gasteiger partial charge in [0.05, 0.1) is 30.8 Å². The molecule has 0 radical (unpaired) electrons. The third kappa shape index (κ3) is 5.58. The van der Waals surface area contributed by atoms with Crippen LogP contribution in [0.4, 0.5) is 9.93 Å².